The van der Waals surface area contributed by atoms with Gasteiger partial charge in [-0.2, -0.15) is 0 Å². The lowest BCUT2D eigenvalue weighted by atomic mass is 9.72. The van der Waals surface area contributed by atoms with Gasteiger partial charge in [-0.3, -0.25) is 0 Å². The number of hydrogen-bond acceptors (Lipinski definition) is 6. The van der Waals surface area contributed by atoms with Crippen LogP contribution in [0.5, 0.6) is 0 Å². The van der Waals surface area contributed by atoms with Crippen LogP contribution in [0, 0.1) is 32.5 Å². The van der Waals surface area contributed by atoms with Gasteiger partial charge >= 0.3 is 0 Å². The van der Waals surface area contributed by atoms with E-state index in [1.165, 1.54) is 66.9 Å². The number of allylic oxidation sites excluding steroid dienone is 24. The maximum Gasteiger partial charge on any atom is 0.143 e. The highest BCUT2D eigenvalue weighted by molar-refractivity contribution is 7.81. The summed E-state index contributed by atoms with van der Waals surface area (Å²) < 4.78 is 87.0. The van der Waals surface area contributed by atoms with E-state index >= 15 is 0 Å². The van der Waals surface area contributed by atoms with Crippen molar-refractivity contribution in [1.29, 1.82) is 0 Å². The van der Waals surface area contributed by atoms with Gasteiger partial charge in [-0.25, -0.2) is 0 Å². The molecule has 18 atom stereocenters. The van der Waals surface area contributed by atoms with Gasteiger partial charge in [0.05, 0.1) is 0 Å². The van der Waals surface area contributed by atoms with Gasteiger partial charge in [0.25, 0.3) is 0 Å². The van der Waals surface area contributed by atoms with Gasteiger partial charge in [-0.1, -0.05) is 150 Å². The summed E-state index contributed by atoms with van der Waals surface area (Å²) in [6.07, 6.45) is 0. The van der Waals surface area contributed by atoms with Gasteiger partial charge in [-0.05, 0) is 157 Å². The molecular formula is C66H96O6P6. The summed E-state index contributed by atoms with van der Waals surface area (Å²) >= 11 is 0. The van der Waals surface area contributed by atoms with Crippen molar-refractivity contribution in [2.24, 2.45) is 32.5 Å². The minimum Gasteiger partial charge on any atom is -0.314 e. The molecule has 12 aliphatic rings. The Kier molecular flexibility index (Phi) is 12.3. The molecule has 426 valence electrons. The quantitative estimate of drug-likeness (QED) is 0.261. The van der Waals surface area contributed by atoms with Crippen molar-refractivity contribution in [3.63, 3.8) is 0 Å². The van der Waals surface area contributed by atoms with Crippen molar-refractivity contribution < 1.29 is 27.4 Å². The Bertz CT molecular complexity index is 3200. The number of rotatable bonds is 3. The van der Waals surface area contributed by atoms with Crippen molar-refractivity contribution >= 4 is 42.9 Å². The first-order valence-corrected chi connectivity index (χ1v) is 39.9. The predicted molar refractivity (Wildman–Crippen MR) is 337 cm³/mol. The van der Waals surface area contributed by atoms with E-state index in [0.717, 1.165) is 63.8 Å². The van der Waals surface area contributed by atoms with Crippen LogP contribution in [0.15, 0.2) is 131 Å². The fraction of sp³-hybridized carbons (Fsp3) is 0.636. The SMILES string of the molecule is CC1=C(C)[P@@]2(=O)C(C3=C(C)[C@@]4(C)C(C)=C(C)[P@]3(=O)C4C)=C(C)[C@]1(C)C2C.CC1=C(C)[P@@]2(=O)C(C3=C(C)[C@]4(C)C(C)=C(C)[P@@]3(=O)C4C)=C(C)[C@]1(C)C2C.CC1=C(C)[P@]2(=O)C(C3=C(C)[C@]4(C)C(C)=C(C)[P@@]3(=O)C4C)=C(C)[C@@]1(C)C2C. The van der Waals surface area contributed by atoms with E-state index in [1.807, 2.05) is 0 Å². The van der Waals surface area contributed by atoms with Crippen LogP contribution in [0.2, 0.25) is 0 Å². The molecule has 12 rings (SSSR count). The van der Waals surface area contributed by atoms with Gasteiger partial charge in [-0.15, -0.1) is 0 Å². The first-order valence-electron chi connectivity index (χ1n) is 29.3. The normalized spacial score (nSPS) is 50.2. The van der Waals surface area contributed by atoms with Crippen molar-refractivity contribution in [2.45, 2.75) is 242 Å². The third-order valence-corrected chi connectivity index (χ3v) is 54.2. The molecule has 0 amide bonds. The third-order valence-electron chi connectivity index (χ3n) is 28.7. The molecule has 0 aromatic heterocycles. The molecule has 12 bridgehead atoms. The predicted octanol–water partition coefficient (Wildman–Crippen LogP) is 23.1. The Hall–Kier alpha value is -1.74. The van der Waals surface area contributed by atoms with Crippen molar-refractivity contribution in [3.8, 4) is 0 Å². The highest BCUT2D eigenvalue weighted by Crippen LogP contribution is 2.95. The second kappa shape index (κ2) is 16.2. The molecule has 78 heavy (non-hydrogen) atoms. The summed E-state index contributed by atoms with van der Waals surface area (Å²) in [5.41, 5.74) is 14.6. The molecule has 0 aliphatic carbocycles. The molecule has 12 heterocycles. The summed E-state index contributed by atoms with van der Waals surface area (Å²) in [4.78, 5) is 0. The summed E-state index contributed by atoms with van der Waals surface area (Å²) in [7, 11) is -16.2. The molecule has 0 radical (unpaired) electrons. The van der Waals surface area contributed by atoms with E-state index in [-0.39, 0.29) is 66.4 Å². The van der Waals surface area contributed by atoms with Gasteiger partial charge in [0.1, 0.15) is 42.9 Å². The third kappa shape index (κ3) is 5.30. The van der Waals surface area contributed by atoms with Crippen molar-refractivity contribution in [1.82, 2.24) is 0 Å². The summed E-state index contributed by atoms with van der Waals surface area (Å²) in [6, 6.07) is 0. The Morgan fingerprint density at radius 2 is 0.295 bits per heavy atom. The summed E-state index contributed by atoms with van der Waals surface area (Å²) in [6.45, 7) is 64.5. The molecule has 0 aromatic carbocycles. The van der Waals surface area contributed by atoms with E-state index in [4.69, 9.17) is 0 Å². The lowest BCUT2D eigenvalue weighted by Crippen LogP contribution is -2.24. The molecule has 0 fully saturated rings. The maximum absolute atomic E-state index is 14.5. The first-order chi connectivity index (χ1) is 35.2. The molecule has 0 spiro atoms. The Balaban J connectivity index is 0.000000132. The van der Waals surface area contributed by atoms with Crippen LogP contribution in [0.4, 0.5) is 0 Å². The molecule has 0 aromatic rings. The van der Waals surface area contributed by atoms with E-state index in [9.17, 15) is 27.4 Å². The van der Waals surface area contributed by atoms with Crippen LogP contribution in [0.1, 0.15) is 208 Å². The molecule has 0 saturated carbocycles. The second-order valence-corrected chi connectivity index (χ2v) is 47.6. The first kappa shape index (κ1) is 59.4. The van der Waals surface area contributed by atoms with Gasteiger partial charge < -0.3 is 27.4 Å². The fourth-order valence-corrected chi connectivity index (χ4v) is 49.1. The zero-order valence-electron chi connectivity index (χ0n) is 53.6. The highest BCUT2D eigenvalue weighted by Gasteiger charge is 2.72. The summed E-state index contributed by atoms with van der Waals surface area (Å²) in [5.74, 6) is 0. The van der Waals surface area contributed by atoms with E-state index in [1.54, 1.807) is 0 Å². The smallest absolute Gasteiger partial charge is 0.143 e. The van der Waals surface area contributed by atoms with Crippen LogP contribution in [0.25, 0.3) is 0 Å². The lowest BCUT2D eigenvalue weighted by molar-refractivity contribution is 0.477. The second-order valence-electron chi connectivity index (χ2n) is 28.3. The van der Waals surface area contributed by atoms with Gasteiger partial charge in [0.2, 0.25) is 0 Å². The Morgan fingerprint density at radius 3 is 0.372 bits per heavy atom. The molecule has 0 N–H and O–H groups in total. The minimum atomic E-state index is -2.70. The zero-order valence-corrected chi connectivity index (χ0v) is 59.0. The van der Waals surface area contributed by atoms with Crippen LogP contribution < -0.4 is 0 Å². The van der Waals surface area contributed by atoms with E-state index in [0.29, 0.717) is 0 Å². The number of fused-ring (bicyclic) bond motifs is 12. The molecule has 6 unspecified atom stereocenters. The van der Waals surface area contributed by atoms with Crippen LogP contribution in [-0.4, -0.2) is 34.0 Å². The maximum atomic E-state index is 14.5. The summed E-state index contributed by atoms with van der Waals surface area (Å²) in [5, 5.41) is 12.4. The van der Waals surface area contributed by atoms with Gasteiger partial charge in [0.15, 0.2) is 0 Å². The topological polar surface area (TPSA) is 102 Å². The zero-order chi connectivity index (χ0) is 59.3. The lowest BCUT2D eigenvalue weighted by Gasteiger charge is -2.32. The standard InChI is InChI=1S/3C22H32O2P2/c3*1-11-15(5)25(23)17(7)21(11,9)13(3)19(25)20-14(4)22(10)12(2)16(6)26(20,24)18(22)8/h3*17-18H,1-10H3/t17?,18?,21-,22+,25+,26-;2*17?,18?,21-,22-,25+,26+/m.10/s1. The monoisotopic (exact) mass is 1170 g/mol. The molecule has 12 aliphatic heterocycles. The molecule has 6 nitrogen and oxygen atoms in total. The highest BCUT2D eigenvalue weighted by atomic mass is 31.2. The van der Waals surface area contributed by atoms with Crippen LogP contribution in [0.3, 0.4) is 0 Å². The van der Waals surface area contributed by atoms with Crippen LogP contribution >= 0.6 is 42.9 Å². The Labute approximate surface area is 472 Å². The number of hydrogen-bond donors (Lipinski definition) is 0. The minimum absolute atomic E-state index is 0.0886. The Morgan fingerprint density at radius 1 is 0.205 bits per heavy atom. The van der Waals surface area contributed by atoms with Gasteiger partial charge in [0, 0.05) is 98.3 Å². The van der Waals surface area contributed by atoms with Crippen molar-refractivity contribution in [3.05, 3.63) is 131 Å². The van der Waals surface area contributed by atoms with Crippen molar-refractivity contribution in [2.75, 3.05) is 0 Å². The average Bonchev–Trinajstić information content (AvgIpc) is 3.56. The molecule has 12 heteroatoms. The van der Waals surface area contributed by atoms with E-state index < -0.39 is 42.9 Å². The van der Waals surface area contributed by atoms with E-state index in [2.05, 4.69) is 208 Å². The molecular weight excluding hydrogens is 1070 g/mol. The molecule has 0 saturated heterocycles. The average molecular weight is 1170 g/mol. The largest absolute Gasteiger partial charge is 0.314 e. The van der Waals surface area contributed by atoms with Crippen LogP contribution in [-0.2, 0) is 27.4 Å². The fourth-order valence-electron chi connectivity index (χ4n) is 20.3.